The van der Waals surface area contributed by atoms with Gasteiger partial charge in [-0.25, -0.2) is 9.18 Å². The fourth-order valence-electron chi connectivity index (χ4n) is 3.10. The molecule has 0 unspecified atom stereocenters. The van der Waals surface area contributed by atoms with E-state index in [1.54, 1.807) is 41.3 Å². The van der Waals surface area contributed by atoms with Crippen molar-refractivity contribution in [2.45, 2.75) is 6.54 Å². The Kier molecular flexibility index (Phi) is 5.73. The van der Waals surface area contributed by atoms with Crippen LogP contribution in [-0.2, 0) is 6.54 Å². The molecule has 0 saturated carbocycles. The van der Waals surface area contributed by atoms with E-state index in [0.29, 0.717) is 60.7 Å². The van der Waals surface area contributed by atoms with Crippen molar-refractivity contribution in [2.24, 2.45) is 0 Å². The van der Waals surface area contributed by atoms with Gasteiger partial charge in [0.2, 0.25) is 0 Å². The van der Waals surface area contributed by atoms with Crippen molar-refractivity contribution in [3.8, 4) is 11.5 Å². The SMILES string of the molecule is O=C(Nc1ccc(Cl)cc1)N1CCN(Cc2noc(-c3cccc(F)c3)n2)CC1. The predicted molar refractivity (Wildman–Crippen MR) is 107 cm³/mol. The minimum Gasteiger partial charge on any atom is -0.334 e. The minimum absolute atomic E-state index is 0.139. The summed E-state index contributed by atoms with van der Waals surface area (Å²) in [6, 6.07) is 12.9. The average Bonchev–Trinajstić information content (AvgIpc) is 3.19. The van der Waals surface area contributed by atoms with E-state index >= 15 is 0 Å². The molecule has 2 aromatic carbocycles. The number of rotatable bonds is 4. The molecule has 1 saturated heterocycles. The van der Waals surface area contributed by atoms with Gasteiger partial charge in [-0.15, -0.1) is 0 Å². The molecule has 1 fully saturated rings. The molecule has 1 aromatic heterocycles. The summed E-state index contributed by atoms with van der Waals surface area (Å²) in [5.74, 6) is 0.471. The van der Waals surface area contributed by atoms with Crippen molar-refractivity contribution in [3.05, 3.63) is 65.2 Å². The molecule has 1 aliphatic rings. The maximum atomic E-state index is 13.3. The van der Waals surface area contributed by atoms with Crippen LogP contribution in [0.1, 0.15) is 5.82 Å². The van der Waals surface area contributed by atoms with Crippen LogP contribution in [0, 0.1) is 5.82 Å². The second-order valence-corrected chi connectivity index (χ2v) is 7.16. The second kappa shape index (κ2) is 8.59. The largest absolute Gasteiger partial charge is 0.334 e. The third-order valence-corrected chi connectivity index (χ3v) is 4.91. The van der Waals surface area contributed by atoms with E-state index in [1.165, 1.54) is 12.1 Å². The number of hydrogen-bond donors (Lipinski definition) is 1. The number of carbonyl (C=O) groups excluding carboxylic acids is 1. The summed E-state index contributed by atoms with van der Waals surface area (Å²) >= 11 is 5.86. The summed E-state index contributed by atoms with van der Waals surface area (Å²) in [5.41, 5.74) is 1.26. The Morgan fingerprint density at radius 3 is 2.62 bits per heavy atom. The lowest BCUT2D eigenvalue weighted by molar-refractivity contribution is 0.140. The maximum absolute atomic E-state index is 13.3. The molecular weight excluding hydrogens is 397 g/mol. The van der Waals surface area contributed by atoms with Crippen molar-refractivity contribution in [2.75, 3.05) is 31.5 Å². The summed E-state index contributed by atoms with van der Waals surface area (Å²) in [7, 11) is 0. The van der Waals surface area contributed by atoms with E-state index in [4.69, 9.17) is 16.1 Å². The molecule has 150 valence electrons. The van der Waals surface area contributed by atoms with Crippen LogP contribution >= 0.6 is 11.6 Å². The summed E-state index contributed by atoms with van der Waals surface area (Å²) in [4.78, 5) is 20.6. The number of amides is 2. The van der Waals surface area contributed by atoms with E-state index in [-0.39, 0.29) is 11.8 Å². The normalized spacial score (nSPS) is 14.8. The molecule has 29 heavy (non-hydrogen) atoms. The molecule has 1 aliphatic heterocycles. The Morgan fingerprint density at radius 2 is 1.90 bits per heavy atom. The van der Waals surface area contributed by atoms with Crippen molar-refractivity contribution in [1.82, 2.24) is 19.9 Å². The van der Waals surface area contributed by atoms with Crippen LogP contribution in [0.2, 0.25) is 5.02 Å². The average molecular weight is 416 g/mol. The lowest BCUT2D eigenvalue weighted by Gasteiger charge is -2.34. The topological polar surface area (TPSA) is 74.5 Å². The molecule has 0 spiro atoms. The van der Waals surface area contributed by atoms with E-state index in [9.17, 15) is 9.18 Å². The van der Waals surface area contributed by atoms with Crippen molar-refractivity contribution < 1.29 is 13.7 Å². The molecule has 2 amide bonds. The van der Waals surface area contributed by atoms with Crippen LogP contribution in [0.3, 0.4) is 0 Å². The highest BCUT2D eigenvalue weighted by atomic mass is 35.5. The number of urea groups is 1. The molecule has 0 bridgehead atoms. The summed E-state index contributed by atoms with van der Waals surface area (Å²) in [6.45, 7) is 3.07. The van der Waals surface area contributed by atoms with Gasteiger partial charge < -0.3 is 14.7 Å². The zero-order valence-corrected chi connectivity index (χ0v) is 16.3. The minimum atomic E-state index is -0.352. The first-order valence-corrected chi connectivity index (χ1v) is 9.57. The molecule has 7 nitrogen and oxygen atoms in total. The summed E-state index contributed by atoms with van der Waals surface area (Å²) in [5, 5.41) is 7.47. The third-order valence-electron chi connectivity index (χ3n) is 4.66. The Labute approximate surface area is 172 Å². The van der Waals surface area contributed by atoms with E-state index in [1.807, 2.05) is 0 Å². The molecule has 9 heteroatoms. The smallest absolute Gasteiger partial charge is 0.321 e. The first kappa shape index (κ1) is 19.4. The second-order valence-electron chi connectivity index (χ2n) is 6.73. The maximum Gasteiger partial charge on any atom is 0.321 e. The van der Waals surface area contributed by atoms with Gasteiger partial charge in [0.25, 0.3) is 5.89 Å². The van der Waals surface area contributed by atoms with Gasteiger partial charge >= 0.3 is 6.03 Å². The fraction of sp³-hybridized carbons (Fsp3) is 0.250. The van der Waals surface area contributed by atoms with Gasteiger partial charge in [-0.2, -0.15) is 4.98 Å². The van der Waals surface area contributed by atoms with Crippen molar-refractivity contribution >= 4 is 23.3 Å². The number of anilines is 1. The molecule has 2 heterocycles. The van der Waals surface area contributed by atoms with Gasteiger partial charge in [-0.3, -0.25) is 4.90 Å². The van der Waals surface area contributed by atoms with Gasteiger partial charge in [0, 0.05) is 42.5 Å². The number of halogens is 2. The van der Waals surface area contributed by atoms with Gasteiger partial charge in [0.05, 0.1) is 6.54 Å². The van der Waals surface area contributed by atoms with E-state index in [0.717, 1.165) is 0 Å². The first-order valence-electron chi connectivity index (χ1n) is 9.19. The lowest BCUT2D eigenvalue weighted by atomic mass is 10.2. The Balaban J connectivity index is 1.29. The van der Waals surface area contributed by atoms with Crippen LogP contribution in [0.4, 0.5) is 14.9 Å². The highest BCUT2D eigenvalue weighted by molar-refractivity contribution is 6.30. The number of carbonyl (C=O) groups is 1. The quantitative estimate of drug-likeness (QED) is 0.700. The van der Waals surface area contributed by atoms with Crippen molar-refractivity contribution in [1.29, 1.82) is 0 Å². The van der Waals surface area contributed by atoms with Gasteiger partial charge in [-0.1, -0.05) is 22.8 Å². The molecule has 0 aliphatic carbocycles. The summed E-state index contributed by atoms with van der Waals surface area (Å²) < 4.78 is 18.6. The lowest BCUT2D eigenvalue weighted by Crippen LogP contribution is -2.49. The highest BCUT2D eigenvalue weighted by Gasteiger charge is 2.22. The van der Waals surface area contributed by atoms with Gasteiger partial charge in [-0.05, 0) is 42.5 Å². The van der Waals surface area contributed by atoms with Gasteiger partial charge in [0.15, 0.2) is 5.82 Å². The van der Waals surface area contributed by atoms with Crippen LogP contribution in [0.5, 0.6) is 0 Å². The number of nitrogens with one attached hydrogen (secondary N) is 1. The van der Waals surface area contributed by atoms with Crippen LogP contribution < -0.4 is 5.32 Å². The highest BCUT2D eigenvalue weighted by Crippen LogP contribution is 2.19. The zero-order valence-electron chi connectivity index (χ0n) is 15.5. The molecule has 4 rings (SSSR count). The van der Waals surface area contributed by atoms with Crippen LogP contribution in [0.25, 0.3) is 11.5 Å². The van der Waals surface area contributed by atoms with E-state index < -0.39 is 0 Å². The molecule has 1 N–H and O–H groups in total. The number of hydrogen-bond acceptors (Lipinski definition) is 5. The van der Waals surface area contributed by atoms with Crippen LogP contribution in [0.15, 0.2) is 53.1 Å². The fourth-order valence-corrected chi connectivity index (χ4v) is 3.23. The molecule has 3 aromatic rings. The number of aromatic nitrogens is 2. The zero-order chi connectivity index (χ0) is 20.2. The molecule has 0 radical (unpaired) electrons. The predicted octanol–water partition coefficient (Wildman–Crippen LogP) is 3.88. The Bertz CT molecular complexity index is 987. The number of nitrogens with zero attached hydrogens (tertiary/aromatic N) is 4. The summed E-state index contributed by atoms with van der Waals surface area (Å²) in [6.07, 6.45) is 0. The Morgan fingerprint density at radius 1 is 1.14 bits per heavy atom. The monoisotopic (exact) mass is 415 g/mol. The van der Waals surface area contributed by atoms with Crippen LogP contribution in [-0.4, -0.2) is 52.2 Å². The standard InChI is InChI=1S/C20H19ClFN5O2/c21-15-4-6-17(7-5-15)23-20(28)27-10-8-26(9-11-27)13-18-24-19(29-25-18)14-2-1-3-16(22)12-14/h1-7,12H,8-11,13H2,(H,23,28). The Hall–Kier alpha value is -2.97. The first-order chi connectivity index (χ1) is 14.1. The van der Waals surface area contributed by atoms with Gasteiger partial charge in [0.1, 0.15) is 5.82 Å². The van der Waals surface area contributed by atoms with Crippen molar-refractivity contribution in [3.63, 3.8) is 0 Å². The molecule has 0 atom stereocenters. The third kappa shape index (κ3) is 4.90. The van der Waals surface area contributed by atoms with E-state index in [2.05, 4.69) is 20.4 Å². The number of piperazine rings is 1. The number of benzene rings is 2. The molecular formula is C20H19ClFN5O2.